The lowest BCUT2D eigenvalue weighted by molar-refractivity contribution is 0.748. The number of anilines is 1. The molecule has 0 radical (unpaired) electrons. The number of hydrogen-bond donors (Lipinski definition) is 1. The second-order valence-corrected chi connectivity index (χ2v) is 3.80. The zero-order chi connectivity index (χ0) is 11.4. The highest BCUT2D eigenvalue weighted by Gasteiger charge is 2.17. The fraction of sp³-hybridized carbons (Fsp3) is 0.455. The molecule has 0 saturated heterocycles. The van der Waals surface area contributed by atoms with Crippen molar-refractivity contribution in [1.29, 1.82) is 10.5 Å². The monoisotopic (exact) mass is 213 g/mol. The Morgan fingerprint density at radius 2 is 2.00 bits per heavy atom. The Hall–Kier alpha value is -2.14. The predicted octanol–water partition coefficient (Wildman–Crippen LogP) is 1.57. The fourth-order valence-electron chi connectivity index (χ4n) is 1.89. The molecule has 80 valence electrons. The molecule has 1 aromatic rings. The molecule has 1 heterocycles. The van der Waals surface area contributed by atoms with Gasteiger partial charge in [-0.25, -0.2) is 9.97 Å². The first kappa shape index (κ1) is 10.4. The second-order valence-electron chi connectivity index (χ2n) is 3.80. The minimum Gasteiger partial charge on any atom is -0.365 e. The quantitative estimate of drug-likeness (QED) is 0.805. The number of aromatic nitrogens is 2. The van der Waals surface area contributed by atoms with Crippen LogP contribution in [0.5, 0.6) is 0 Å². The van der Waals surface area contributed by atoms with E-state index in [1.165, 1.54) is 19.0 Å². The summed E-state index contributed by atoms with van der Waals surface area (Å²) in [6, 6.07) is 4.25. The van der Waals surface area contributed by atoms with Crippen LogP contribution in [-0.2, 0) is 0 Å². The molecule has 1 fully saturated rings. The molecule has 5 nitrogen and oxygen atoms in total. The van der Waals surface area contributed by atoms with Gasteiger partial charge in [0.05, 0.1) is 6.20 Å². The van der Waals surface area contributed by atoms with Crippen molar-refractivity contribution in [3.63, 3.8) is 0 Å². The Labute approximate surface area is 93.8 Å². The SMILES string of the molecule is N#Cc1cnc(C#N)c(NC2CCCC2)n1. The van der Waals surface area contributed by atoms with Crippen LogP contribution in [0, 0.1) is 22.7 Å². The topological polar surface area (TPSA) is 85.4 Å². The fourth-order valence-corrected chi connectivity index (χ4v) is 1.89. The van der Waals surface area contributed by atoms with E-state index in [9.17, 15) is 0 Å². The first-order chi connectivity index (χ1) is 7.83. The van der Waals surface area contributed by atoms with Crippen molar-refractivity contribution in [3.05, 3.63) is 17.6 Å². The van der Waals surface area contributed by atoms with Crippen LogP contribution in [0.1, 0.15) is 37.1 Å². The van der Waals surface area contributed by atoms with Gasteiger partial charge in [-0.3, -0.25) is 0 Å². The van der Waals surface area contributed by atoms with Crippen molar-refractivity contribution in [3.8, 4) is 12.1 Å². The van der Waals surface area contributed by atoms with E-state index in [0.717, 1.165) is 12.8 Å². The van der Waals surface area contributed by atoms with Gasteiger partial charge in [-0.2, -0.15) is 10.5 Å². The molecule has 0 spiro atoms. The molecule has 1 saturated carbocycles. The van der Waals surface area contributed by atoms with Crippen LogP contribution >= 0.6 is 0 Å². The number of nitriles is 2. The molecule has 2 rings (SSSR count). The summed E-state index contributed by atoms with van der Waals surface area (Å²) >= 11 is 0. The predicted molar refractivity (Wildman–Crippen MR) is 57.3 cm³/mol. The molecular weight excluding hydrogens is 202 g/mol. The van der Waals surface area contributed by atoms with Crippen molar-refractivity contribution >= 4 is 5.82 Å². The molecule has 0 atom stereocenters. The maximum atomic E-state index is 8.88. The standard InChI is InChI=1S/C11H11N5/c12-5-9-7-14-10(6-13)11(16-9)15-8-3-1-2-4-8/h7-8H,1-4H2,(H,15,16). The molecule has 1 aliphatic carbocycles. The van der Waals surface area contributed by atoms with Gasteiger partial charge in [-0.05, 0) is 12.8 Å². The van der Waals surface area contributed by atoms with Gasteiger partial charge in [0.25, 0.3) is 0 Å². The van der Waals surface area contributed by atoms with Crippen LogP contribution < -0.4 is 5.32 Å². The minimum absolute atomic E-state index is 0.236. The zero-order valence-electron chi connectivity index (χ0n) is 8.77. The maximum absolute atomic E-state index is 8.88. The molecule has 0 aliphatic heterocycles. The zero-order valence-corrected chi connectivity index (χ0v) is 8.77. The van der Waals surface area contributed by atoms with Gasteiger partial charge in [0.15, 0.2) is 17.2 Å². The van der Waals surface area contributed by atoms with E-state index in [1.54, 1.807) is 0 Å². The highest BCUT2D eigenvalue weighted by atomic mass is 15.0. The van der Waals surface area contributed by atoms with Crippen LogP contribution in [0.4, 0.5) is 5.82 Å². The van der Waals surface area contributed by atoms with Crippen LogP contribution in [0.25, 0.3) is 0 Å². The van der Waals surface area contributed by atoms with Gasteiger partial charge in [0, 0.05) is 6.04 Å². The smallest absolute Gasteiger partial charge is 0.183 e. The largest absolute Gasteiger partial charge is 0.365 e. The molecule has 0 amide bonds. The highest BCUT2D eigenvalue weighted by molar-refractivity contribution is 5.49. The molecule has 1 aromatic heterocycles. The lowest BCUT2D eigenvalue weighted by Gasteiger charge is -2.12. The summed E-state index contributed by atoms with van der Waals surface area (Å²) in [6.45, 7) is 0. The number of nitrogens with one attached hydrogen (secondary N) is 1. The molecular formula is C11H11N5. The molecule has 0 aromatic carbocycles. The van der Waals surface area contributed by atoms with Gasteiger partial charge in [0.2, 0.25) is 0 Å². The molecule has 0 unspecified atom stereocenters. The molecule has 1 N–H and O–H groups in total. The lowest BCUT2D eigenvalue weighted by Crippen LogP contribution is -2.17. The first-order valence-corrected chi connectivity index (χ1v) is 5.27. The summed E-state index contributed by atoms with van der Waals surface area (Å²) in [5, 5.41) is 20.8. The average molecular weight is 213 g/mol. The Morgan fingerprint density at radius 3 is 2.62 bits per heavy atom. The van der Waals surface area contributed by atoms with Crippen molar-refractivity contribution < 1.29 is 0 Å². The van der Waals surface area contributed by atoms with Gasteiger partial charge in [-0.1, -0.05) is 12.8 Å². The Balaban J connectivity index is 2.23. The van der Waals surface area contributed by atoms with Crippen molar-refractivity contribution in [2.24, 2.45) is 0 Å². The molecule has 1 aliphatic rings. The Bertz CT molecular complexity index is 462. The van der Waals surface area contributed by atoms with Crippen LogP contribution in [0.2, 0.25) is 0 Å². The van der Waals surface area contributed by atoms with E-state index >= 15 is 0 Å². The lowest BCUT2D eigenvalue weighted by atomic mass is 10.2. The second kappa shape index (κ2) is 4.59. The van der Waals surface area contributed by atoms with E-state index in [1.807, 2.05) is 12.1 Å². The number of nitrogens with zero attached hydrogens (tertiary/aromatic N) is 4. The van der Waals surface area contributed by atoms with Crippen molar-refractivity contribution in [2.45, 2.75) is 31.7 Å². The van der Waals surface area contributed by atoms with E-state index in [2.05, 4.69) is 15.3 Å². The summed E-state index contributed by atoms with van der Waals surface area (Å²) in [7, 11) is 0. The van der Waals surface area contributed by atoms with Crippen LogP contribution in [0.15, 0.2) is 6.20 Å². The van der Waals surface area contributed by atoms with Gasteiger partial charge in [-0.15, -0.1) is 0 Å². The Morgan fingerprint density at radius 1 is 1.25 bits per heavy atom. The van der Waals surface area contributed by atoms with Gasteiger partial charge < -0.3 is 5.32 Å². The third-order valence-corrected chi connectivity index (χ3v) is 2.69. The van der Waals surface area contributed by atoms with E-state index in [0.29, 0.717) is 11.9 Å². The number of rotatable bonds is 2. The summed E-state index contributed by atoms with van der Waals surface area (Å²) in [5.41, 5.74) is 0.491. The summed E-state index contributed by atoms with van der Waals surface area (Å²) in [5.74, 6) is 0.438. The Kier molecular flexibility index (Phi) is 2.98. The van der Waals surface area contributed by atoms with Gasteiger partial charge in [0.1, 0.15) is 12.1 Å². The summed E-state index contributed by atoms with van der Waals surface area (Å²) < 4.78 is 0. The summed E-state index contributed by atoms with van der Waals surface area (Å²) in [6.07, 6.45) is 5.89. The van der Waals surface area contributed by atoms with E-state index < -0.39 is 0 Å². The first-order valence-electron chi connectivity index (χ1n) is 5.27. The molecule has 16 heavy (non-hydrogen) atoms. The average Bonchev–Trinajstić information content (AvgIpc) is 2.82. The van der Waals surface area contributed by atoms with Gasteiger partial charge >= 0.3 is 0 Å². The molecule has 5 heteroatoms. The maximum Gasteiger partial charge on any atom is 0.183 e. The number of hydrogen-bond acceptors (Lipinski definition) is 5. The molecule has 0 bridgehead atoms. The van der Waals surface area contributed by atoms with Crippen molar-refractivity contribution in [2.75, 3.05) is 5.32 Å². The summed E-state index contributed by atoms with van der Waals surface area (Å²) in [4.78, 5) is 7.97. The van der Waals surface area contributed by atoms with Crippen LogP contribution in [-0.4, -0.2) is 16.0 Å². The third kappa shape index (κ3) is 2.09. The highest BCUT2D eigenvalue weighted by Crippen LogP contribution is 2.22. The van der Waals surface area contributed by atoms with E-state index in [4.69, 9.17) is 10.5 Å². The van der Waals surface area contributed by atoms with Crippen molar-refractivity contribution in [1.82, 2.24) is 9.97 Å². The van der Waals surface area contributed by atoms with E-state index in [-0.39, 0.29) is 11.4 Å². The van der Waals surface area contributed by atoms with Crippen LogP contribution in [0.3, 0.4) is 0 Å². The normalized spacial score (nSPS) is 15.4. The minimum atomic E-state index is 0.236. The third-order valence-electron chi connectivity index (χ3n) is 2.69.